The maximum Gasteiger partial charge on any atom is 0.225 e. The van der Waals surface area contributed by atoms with Crippen molar-refractivity contribution < 1.29 is 9.59 Å². The van der Waals surface area contributed by atoms with Crippen LogP contribution in [0.2, 0.25) is 0 Å². The summed E-state index contributed by atoms with van der Waals surface area (Å²) in [5, 5.41) is 5.66. The molecule has 4 nitrogen and oxygen atoms in total. The molecule has 1 heterocycles. The highest BCUT2D eigenvalue weighted by Gasteiger charge is 2.28. The van der Waals surface area contributed by atoms with Crippen LogP contribution in [0.25, 0.3) is 0 Å². The zero-order valence-corrected chi connectivity index (χ0v) is 9.79. The lowest BCUT2D eigenvalue weighted by molar-refractivity contribution is -0.126. The molecule has 2 N–H and O–H groups in total. The molecule has 0 aromatic carbocycles. The number of carbonyl (C=O) groups excluding carboxylic acids is 2. The molecular weight excluding hydrogens is 204 g/mol. The summed E-state index contributed by atoms with van der Waals surface area (Å²) in [5.41, 5.74) is 0. The quantitative estimate of drug-likeness (QED) is 0.740. The SMILES string of the molecule is CC1CCC(CNC(=O)C2CNC(=O)C2)C1. The van der Waals surface area contributed by atoms with Crippen molar-refractivity contribution >= 4 is 11.8 Å². The summed E-state index contributed by atoms with van der Waals surface area (Å²) >= 11 is 0. The van der Waals surface area contributed by atoms with Crippen LogP contribution in [0, 0.1) is 17.8 Å². The fourth-order valence-corrected chi connectivity index (χ4v) is 2.69. The van der Waals surface area contributed by atoms with Crippen molar-refractivity contribution in [3.8, 4) is 0 Å². The van der Waals surface area contributed by atoms with Gasteiger partial charge in [0.15, 0.2) is 0 Å². The summed E-state index contributed by atoms with van der Waals surface area (Å²) in [5.74, 6) is 1.33. The third kappa shape index (κ3) is 2.74. The van der Waals surface area contributed by atoms with Crippen LogP contribution < -0.4 is 10.6 Å². The van der Waals surface area contributed by atoms with E-state index in [1.54, 1.807) is 0 Å². The van der Waals surface area contributed by atoms with Gasteiger partial charge in [0.1, 0.15) is 0 Å². The van der Waals surface area contributed by atoms with E-state index in [4.69, 9.17) is 0 Å². The Labute approximate surface area is 96.2 Å². The molecule has 0 radical (unpaired) electrons. The minimum Gasteiger partial charge on any atom is -0.356 e. The lowest BCUT2D eigenvalue weighted by atomic mass is 10.0. The molecule has 0 spiro atoms. The van der Waals surface area contributed by atoms with Crippen LogP contribution in [-0.4, -0.2) is 24.9 Å². The molecule has 1 saturated carbocycles. The highest BCUT2D eigenvalue weighted by Crippen LogP contribution is 2.29. The van der Waals surface area contributed by atoms with Gasteiger partial charge < -0.3 is 10.6 Å². The van der Waals surface area contributed by atoms with Gasteiger partial charge >= 0.3 is 0 Å². The Hall–Kier alpha value is -1.06. The van der Waals surface area contributed by atoms with Crippen LogP contribution in [0.15, 0.2) is 0 Å². The third-order valence-corrected chi connectivity index (χ3v) is 3.72. The molecule has 1 aliphatic carbocycles. The fourth-order valence-electron chi connectivity index (χ4n) is 2.69. The number of hydrogen-bond acceptors (Lipinski definition) is 2. The fraction of sp³-hybridized carbons (Fsp3) is 0.833. The highest BCUT2D eigenvalue weighted by molar-refractivity contribution is 5.89. The number of hydrogen-bond donors (Lipinski definition) is 2. The zero-order chi connectivity index (χ0) is 11.5. The van der Waals surface area contributed by atoms with Gasteiger partial charge in [0.2, 0.25) is 11.8 Å². The smallest absolute Gasteiger partial charge is 0.225 e. The van der Waals surface area contributed by atoms with Crippen molar-refractivity contribution in [2.75, 3.05) is 13.1 Å². The molecule has 0 bridgehead atoms. The molecule has 2 amide bonds. The van der Waals surface area contributed by atoms with Crippen LogP contribution in [0.5, 0.6) is 0 Å². The van der Waals surface area contributed by atoms with E-state index in [1.807, 2.05) is 0 Å². The summed E-state index contributed by atoms with van der Waals surface area (Å²) in [6, 6.07) is 0. The predicted octanol–water partition coefficient (Wildman–Crippen LogP) is 0.675. The second kappa shape index (κ2) is 4.85. The molecule has 1 saturated heterocycles. The number of amides is 2. The molecule has 0 aromatic heterocycles. The van der Waals surface area contributed by atoms with Crippen LogP contribution in [0.1, 0.15) is 32.6 Å². The van der Waals surface area contributed by atoms with E-state index < -0.39 is 0 Å². The Morgan fingerprint density at radius 3 is 2.88 bits per heavy atom. The van der Waals surface area contributed by atoms with E-state index in [1.165, 1.54) is 19.3 Å². The Bertz CT molecular complexity index is 291. The normalized spacial score (nSPS) is 33.8. The Morgan fingerprint density at radius 1 is 1.50 bits per heavy atom. The molecule has 2 rings (SSSR count). The molecule has 1 aliphatic heterocycles. The second-order valence-corrected chi connectivity index (χ2v) is 5.23. The molecule has 4 heteroatoms. The molecule has 3 unspecified atom stereocenters. The van der Waals surface area contributed by atoms with Crippen molar-refractivity contribution in [2.45, 2.75) is 32.6 Å². The third-order valence-electron chi connectivity index (χ3n) is 3.72. The van der Waals surface area contributed by atoms with Crippen molar-refractivity contribution in [1.29, 1.82) is 0 Å². The average molecular weight is 224 g/mol. The first-order valence-electron chi connectivity index (χ1n) is 6.19. The first kappa shape index (κ1) is 11.4. The van der Waals surface area contributed by atoms with Crippen molar-refractivity contribution in [3.63, 3.8) is 0 Å². The molecular formula is C12H20N2O2. The zero-order valence-electron chi connectivity index (χ0n) is 9.79. The van der Waals surface area contributed by atoms with Crippen LogP contribution in [0.3, 0.4) is 0 Å². The molecule has 90 valence electrons. The summed E-state index contributed by atoms with van der Waals surface area (Å²) in [7, 11) is 0. The monoisotopic (exact) mass is 224 g/mol. The van der Waals surface area contributed by atoms with E-state index in [0.717, 1.165) is 12.5 Å². The van der Waals surface area contributed by atoms with Crippen molar-refractivity contribution in [1.82, 2.24) is 10.6 Å². The van der Waals surface area contributed by atoms with E-state index in [0.29, 0.717) is 18.9 Å². The summed E-state index contributed by atoms with van der Waals surface area (Å²) < 4.78 is 0. The Kier molecular flexibility index (Phi) is 3.46. The summed E-state index contributed by atoms with van der Waals surface area (Å²) in [6.45, 7) is 3.56. The molecule has 2 fully saturated rings. The van der Waals surface area contributed by atoms with Gasteiger partial charge in [0.25, 0.3) is 0 Å². The van der Waals surface area contributed by atoms with E-state index >= 15 is 0 Å². The van der Waals surface area contributed by atoms with Crippen molar-refractivity contribution in [3.05, 3.63) is 0 Å². The molecule has 3 atom stereocenters. The standard InChI is InChI=1S/C12H20N2O2/c1-8-2-3-9(4-8)6-14-12(16)10-5-11(15)13-7-10/h8-10H,2-7H2,1H3,(H,13,15)(H,14,16). The minimum absolute atomic E-state index is 0.00496. The van der Waals surface area contributed by atoms with Crippen LogP contribution >= 0.6 is 0 Å². The molecule has 2 aliphatic rings. The number of rotatable bonds is 3. The highest BCUT2D eigenvalue weighted by atomic mass is 16.2. The Morgan fingerprint density at radius 2 is 2.31 bits per heavy atom. The number of carbonyl (C=O) groups is 2. The van der Waals surface area contributed by atoms with Gasteiger partial charge in [-0.2, -0.15) is 0 Å². The van der Waals surface area contributed by atoms with Gasteiger partial charge in [-0.15, -0.1) is 0 Å². The summed E-state index contributed by atoms with van der Waals surface area (Å²) in [6.07, 6.45) is 4.09. The second-order valence-electron chi connectivity index (χ2n) is 5.23. The first-order valence-corrected chi connectivity index (χ1v) is 6.19. The lowest BCUT2D eigenvalue weighted by Gasteiger charge is -2.13. The largest absolute Gasteiger partial charge is 0.356 e. The lowest BCUT2D eigenvalue weighted by Crippen LogP contribution is -2.34. The van der Waals surface area contributed by atoms with Crippen LogP contribution in [0.4, 0.5) is 0 Å². The number of nitrogens with one attached hydrogen (secondary N) is 2. The van der Waals surface area contributed by atoms with Gasteiger partial charge in [-0.1, -0.05) is 13.3 Å². The topological polar surface area (TPSA) is 58.2 Å². The van der Waals surface area contributed by atoms with E-state index in [9.17, 15) is 9.59 Å². The van der Waals surface area contributed by atoms with Gasteiger partial charge in [0.05, 0.1) is 5.92 Å². The average Bonchev–Trinajstić information content (AvgIpc) is 2.84. The maximum absolute atomic E-state index is 11.7. The molecule has 0 aromatic rings. The first-order chi connectivity index (χ1) is 7.65. The van der Waals surface area contributed by atoms with E-state index in [2.05, 4.69) is 17.6 Å². The van der Waals surface area contributed by atoms with Crippen LogP contribution in [-0.2, 0) is 9.59 Å². The van der Waals surface area contributed by atoms with Crippen molar-refractivity contribution in [2.24, 2.45) is 17.8 Å². The predicted molar refractivity (Wildman–Crippen MR) is 60.6 cm³/mol. The van der Waals surface area contributed by atoms with Gasteiger partial charge in [0, 0.05) is 19.5 Å². The van der Waals surface area contributed by atoms with Gasteiger partial charge in [-0.25, -0.2) is 0 Å². The summed E-state index contributed by atoms with van der Waals surface area (Å²) in [4.78, 5) is 22.7. The minimum atomic E-state index is -0.147. The van der Waals surface area contributed by atoms with E-state index in [-0.39, 0.29) is 17.7 Å². The molecule has 16 heavy (non-hydrogen) atoms. The van der Waals surface area contributed by atoms with Gasteiger partial charge in [-0.3, -0.25) is 9.59 Å². The maximum atomic E-state index is 11.7. The Balaban J connectivity index is 1.69. The van der Waals surface area contributed by atoms with Gasteiger partial charge in [-0.05, 0) is 24.7 Å².